The van der Waals surface area contributed by atoms with Crippen LogP contribution in [-0.2, 0) is 15.8 Å². The van der Waals surface area contributed by atoms with Crippen molar-refractivity contribution in [1.29, 1.82) is 5.26 Å². The first kappa shape index (κ1) is 23.3. The fourth-order valence-electron chi connectivity index (χ4n) is 3.11. The zero-order valence-electron chi connectivity index (χ0n) is 15.7. The van der Waals surface area contributed by atoms with E-state index < -0.39 is 27.2 Å². The minimum Gasteiger partial charge on any atom is -0.479 e. The van der Waals surface area contributed by atoms with Crippen LogP contribution in [0.3, 0.4) is 0 Å². The smallest absolute Gasteiger partial charge is 0.432 e. The predicted octanol–water partition coefficient (Wildman–Crippen LogP) is 7.01. The maximum absolute atomic E-state index is 14.2. The average Bonchev–Trinajstić information content (AvgIpc) is 3.02. The second-order valence-corrected chi connectivity index (χ2v) is 9.24. The molecule has 1 N–H and O–H groups in total. The summed E-state index contributed by atoms with van der Waals surface area (Å²) in [5, 5.41) is 20.1. The molecule has 2 aromatic carbocycles. The number of hydrogen-bond acceptors (Lipinski definition) is 3. The van der Waals surface area contributed by atoms with Gasteiger partial charge in [-0.25, -0.2) is 4.79 Å². The number of carbonyl (C=O) groups is 1. The lowest BCUT2D eigenvalue weighted by Crippen LogP contribution is -2.38. The molecule has 0 saturated carbocycles. The van der Waals surface area contributed by atoms with Crippen LogP contribution in [0.2, 0.25) is 5.02 Å². The van der Waals surface area contributed by atoms with Crippen LogP contribution in [0, 0.1) is 11.3 Å². The highest BCUT2D eigenvalue weighted by Gasteiger charge is 2.49. The molecule has 10 heteroatoms. The van der Waals surface area contributed by atoms with Gasteiger partial charge in [0.1, 0.15) is 11.8 Å². The lowest BCUT2D eigenvalue weighted by molar-refractivity contribution is -0.150. The van der Waals surface area contributed by atoms with Gasteiger partial charge in [-0.05, 0) is 52.7 Å². The molecule has 0 saturated heterocycles. The van der Waals surface area contributed by atoms with Gasteiger partial charge in [0.05, 0.1) is 15.7 Å². The fourth-order valence-corrected chi connectivity index (χ4v) is 5.03. The van der Waals surface area contributed by atoms with E-state index in [4.69, 9.17) is 11.6 Å². The zero-order chi connectivity index (χ0) is 23.0. The number of benzene rings is 2. The average molecular weight is 530 g/mol. The Morgan fingerprint density at radius 2 is 1.74 bits per heavy atom. The second-order valence-electron chi connectivity index (χ2n) is 6.54. The lowest BCUT2D eigenvalue weighted by atomic mass is 10.1. The van der Waals surface area contributed by atoms with Gasteiger partial charge in [0, 0.05) is 9.92 Å². The number of hydrogen-bond donors (Lipinski definition) is 1. The first-order chi connectivity index (χ1) is 14.5. The summed E-state index contributed by atoms with van der Waals surface area (Å²) >= 11 is 9.54. The van der Waals surface area contributed by atoms with Crippen LogP contribution in [-0.4, -0.2) is 15.6 Å². The Kier molecular flexibility index (Phi) is 6.46. The van der Waals surface area contributed by atoms with Gasteiger partial charge in [-0.2, -0.15) is 18.4 Å². The summed E-state index contributed by atoms with van der Waals surface area (Å²) in [6, 6.07) is 15.8. The molecule has 1 heterocycles. The monoisotopic (exact) mass is 528 g/mol. The summed E-state index contributed by atoms with van der Waals surface area (Å²) in [7, 11) is 0. The van der Waals surface area contributed by atoms with E-state index in [0.717, 1.165) is 11.8 Å². The van der Waals surface area contributed by atoms with E-state index in [1.807, 2.05) is 0 Å². The number of halogens is 5. The van der Waals surface area contributed by atoms with Crippen LogP contribution in [0.1, 0.15) is 18.2 Å². The molecule has 1 unspecified atom stereocenters. The molecule has 1 atom stereocenters. The van der Waals surface area contributed by atoms with Crippen molar-refractivity contribution in [3.63, 3.8) is 0 Å². The zero-order valence-corrected chi connectivity index (χ0v) is 18.9. The highest BCUT2D eigenvalue weighted by atomic mass is 79.9. The highest BCUT2D eigenvalue weighted by molar-refractivity contribution is 9.10. The Hall–Kier alpha value is -2.41. The van der Waals surface area contributed by atoms with Crippen LogP contribution in [0.4, 0.5) is 13.2 Å². The lowest BCUT2D eigenvalue weighted by Gasteiger charge is -2.31. The number of nitrogens with zero attached hydrogens (tertiary/aromatic N) is 2. The SMILES string of the molecule is CC(Sc1ccccc1)(C(=O)O)n1c(-c2ccc(Cl)cc2)c(C#N)c(Br)c1C(F)(F)F. The largest absolute Gasteiger partial charge is 0.479 e. The van der Waals surface area contributed by atoms with Crippen molar-refractivity contribution in [3.05, 3.63) is 75.4 Å². The number of aliphatic carboxylic acids is 1. The highest BCUT2D eigenvalue weighted by Crippen LogP contribution is 2.50. The van der Waals surface area contributed by atoms with Gasteiger partial charge in [-0.15, -0.1) is 0 Å². The molecule has 0 amide bonds. The van der Waals surface area contributed by atoms with E-state index in [-0.39, 0.29) is 16.8 Å². The number of alkyl halides is 3. The van der Waals surface area contributed by atoms with Crippen LogP contribution in [0.5, 0.6) is 0 Å². The van der Waals surface area contributed by atoms with Crippen LogP contribution >= 0.6 is 39.3 Å². The number of carboxylic acids is 1. The number of aromatic nitrogens is 1. The number of carboxylic acid groups (broad SMARTS) is 1. The molecular weight excluding hydrogens is 517 g/mol. The Bertz CT molecular complexity index is 1170. The molecule has 0 aliphatic carbocycles. The molecule has 0 radical (unpaired) electrons. The number of rotatable bonds is 5. The third-order valence-corrected chi connectivity index (χ3v) is 6.78. The van der Waals surface area contributed by atoms with Crippen LogP contribution in [0.25, 0.3) is 11.3 Å². The van der Waals surface area contributed by atoms with Crippen molar-refractivity contribution < 1.29 is 23.1 Å². The maximum Gasteiger partial charge on any atom is 0.432 e. The van der Waals surface area contributed by atoms with Crippen LogP contribution in [0.15, 0.2) is 64.0 Å². The summed E-state index contributed by atoms with van der Waals surface area (Å²) in [5.41, 5.74) is -1.54. The van der Waals surface area contributed by atoms with Crippen molar-refractivity contribution in [2.24, 2.45) is 0 Å². The van der Waals surface area contributed by atoms with Gasteiger partial charge in [-0.1, -0.05) is 53.7 Å². The summed E-state index contributed by atoms with van der Waals surface area (Å²) < 4.78 is 42.6. The molecule has 3 rings (SSSR count). The Morgan fingerprint density at radius 1 is 1.16 bits per heavy atom. The number of nitriles is 1. The van der Waals surface area contributed by atoms with Crippen molar-refractivity contribution in [1.82, 2.24) is 4.57 Å². The van der Waals surface area contributed by atoms with E-state index >= 15 is 0 Å². The predicted molar refractivity (Wildman–Crippen MR) is 116 cm³/mol. The van der Waals surface area contributed by atoms with Gasteiger partial charge >= 0.3 is 12.1 Å². The molecule has 31 heavy (non-hydrogen) atoms. The Morgan fingerprint density at radius 3 is 2.23 bits per heavy atom. The maximum atomic E-state index is 14.2. The standard InChI is InChI=1S/C21H13BrClF3N2O2S/c1-20(19(29)30,31-14-5-3-2-4-6-14)28-17(12-7-9-13(23)10-8-12)15(11-27)16(22)18(28)21(24,25)26/h2-10H,1H3,(H,29,30). The van der Waals surface area contributed by atoms with Gasteiger partial charge in [0.15, 0.2) is 4.87 Å². The van der Waals surface area contributed by atoms with Gasteiger partial charge < -0.3 is 9.67 Å². The Balaban J connectivity index is 2.44. The first-order valence-electron chi connectivity index (χ1n) is 8.66. The van der Waals surface area contributed by atoms with Crippen molar-refractivity contribution in [2.75, 3.05) is 0 Å². The van der Waals surface area contributed by atoms with Gasteiger partial charge in [-0.3, -0.25) is 0 Å². The summed E-state index contributed by atoms with van der Waals surface area (Å²) in [4.78, 5) is 10.7. The van der Waals surface area contributed by atoms with E-state index in [2.05, 4.69) is 15.9 Å². The Labute approximate surface area is 193 Å². The molecule has 1 aromatic heterocycles. The minimum absolute atomic E-state index is 0.174. The number of thioether (sulfide) groups is 1. The van der Waals surface area contributed by atoms with Crippen molar-refractivity contribution >= 4 is 45.3 Å². The van der Waals surface area contributed by atoms with E-state index in [0.29, 0.717) is 14.5 Å². The quantitative estimate of drug-likeness (QED) is 0.361. The third-order valence-electron chi connectivity index (χ3n) is 4.49. The molecule has 160 valence electrons. The molecule has 0 fully saturated rings. The topological polar surface area (TPSA) is 66.0 Å². The molecule has 0 aliphatic heterocycles. The van der Waals surface area contributed by atoms with Crippen molar-refractivity contribution in [3.8, 4) is 17.3 Å². The summed E-state index contributed by atoms with van der Waals surface area (Å²) in [5.74, 6) is -1.51. The van der Waals surface area contributed by atoms with Gasteiger partial charge in [0.25, 0.3) is 0 Å². The molecule has 0 spiro atoms. The molecule has 3 aromatic rings. The second kappa shape index (κ2) is 8.61. The fraction of sp³-hybridized carbons (Fsp3) is 0.143. The van der Waals surface area contributed by atoms with Gasteiger partial charge in [0.2, 0.25) is 0 Å². The van der Waals surface area contributed by atoms with E-state index in [9.17, 15) is 28.3 Å². The van der Waals surface area contributed by atoms with E-state index in [1.165, 1.54) is 31.2 Å². The summed E-state index contributed by atoms with van der Waals surface area (Å²) in [6.45, 7) is 1.18. The molecular formula is C21H13BrClF3N2O2S. The molecule has 0 bridgehead atoms. The molecule has 0 aliphatic rings. The first-order valence-corrected chi connectivity index (χ1v) is 10.6. The summed E-state index contributed by atoms with van der Waals surface area (Å²) in [6.07, 6.45) is -4.94. The normalized spacial score (nSPS) is 13.5. The van der Waals surface area contributed by atoms with E-state index in [1.54, 1.807) is 36.4 Å². The van der Waals surface area contributed by atoms with Crippen molar-refractivity contribution in [2.45, 2.75) is 22.9 Å². The third kappa shape index (κ3) is 4.33. The minimum atomic E-state index is -4.94. The molecule has 4 nitrogen and oxygen atoms in total. The van der Waals surface area contributed by atoms with Crippen LogP contribution < -0.4 is 0 Å².